The van der Waals surface area contributed by atoms with E-state index in [1.54, 1.807) is 11.3 Å². The third-order valence-corrected chi connectivity index (χ3v) is 4.63. The van der Waals surface area contributed by atoms with Crippen LogP contribution in [-0.4, -0.2) is 36.0 Å². The van der Waals surface area contributed by atoms with Gasteiger partial charge in [0, 0.05) is 37.6 Å². The first-order chi connectivity index (χ1) is 10.4. The number of aromatic nitrogens is 1. The summed E-state index contributed by atoms with van der Waals surface area (Å²) in [4.78, 5) is 11.0. The number of nitrogens with zero attached hydrogens (tertiary/aromatic N) is 3. The van der Waals surface area contributed by atoms with Crippen molar-refractivity contribution in [2.24, 2.45) is 4.99 Å². The Morgan fingerprint density at radius 3 is 2.91 bits per heavy atom. The smallest absolute Gasteiger partial charge is 0.194 e. The highest BCUT2D eigenvalue weighted by Crippen LogP contribution is 2.26. The molecule has 1 atom stereocenters. The van der Waals surface area contributed by atoms with Crippen LogP contribution in [-0.2, 0) is 6.54 Å². The highest BCUT2D eigenvalue weighted by molar-refractivity contribution is 14.0. The summed E-state index contributed by atoms with van der Waals surface area (Å²) in [6.07, 6.45) is 3.02. The standard InChI is InChI=1S/C16H20N4S.HI/c1-17-16(19-11-15-18-8-10-21-15)20-9-7-14(12-20)13-5-3-2-4-6-13;/h2-6,8,10,14H,7,9,11-12H2,1H3,(H,17,19);1H. The minimum absolute atomic E-state index is 0. The summed E-state index contributed by atoms with van der Waals surface area (Å²) in [5.41, 5.74) is 1.43. The van der Waals surface area contributed by atoms with Crippen molar-refractivity contribution in [1.29, 1.82) is 0 Å². The van der Waals surface area contributed by atoms with Crippen molar-refractivity contribution >= 4 is 41.3 Å². The van der Waals surface area contributed by atoms with Gasteiger partial charge in [-0.05, 0) is 12.0 Å². The van der Waals surface area contributed by atoms with Crippen LogP contribution in [0.2, 0.25) is 0 Å². The maximum atomic E-state index is 4.41. The summed E-state index contributed by atoms with van der Waals surface area (Å²) in [5.74, 6) is 1.58. The van der Waals surface area contributed by atoms with E-state index in [9.17, 15) is 0 Å². The molecule has 3 rings (SSSR count). The normalized spacial score (nSPS) is 18.1. The Morgan fingerprint density at radius 1 is 1.41 bits per heavy atom. The molecule has 1 unspecified atom stereocenters. The van der Waals surface area contributed by atoms with E-state index in [0.717, 1.165) is 30.6 Å². The van der Waals surface area contributed by atoms with Crippen LogP contribution in [0, 0.1) is 0 Å². The number of halogens is 1. The van der Waals surface area contributed by atoms with Crippen molar-refractivity contribution in [3.63, 3.8) is 0 Å². The highest BCUT2D eigenvalue weighted by Gasteiger charge is 2.25. The first-order valence-electron chi connectivity index (χ1n) is 7.25. The number of nitrogens with one attached hydrogen (secondary N) is 1. The van der Waals surface area contributed by atoms with Gasteiger partial charge in [-0.3, -0.25) is 4.99 Å². The molecule has 2 heterocycles. The third-order valence-electron chi connectivity index (χ3n) is 3.85. The summed E-state index contributed by atoms with van der Waals surface area (Å²) in [5, 5.41) is 6.50. The molecule has 4 nitrogen and oxygen atoms in total. The van der Waals surface area contributed by atoms with Crippen molar-refractivity contribution < 1.29 is 0 Å². The van der Waals surface area contributed by atoms with E-state index in [4.69, 9.17) is 0 Å². The lowest BCUT2D eigenvalue weighted by Crippen LogP contribution is -2.39. The molecule has 1 aromatic heterocycles. The molecule has 1 saturated heterocycles. The van der Waals surface area contributed by atoms with Crippen LogP contribution in [0.5, 0.6) is 0 Å². The zero-order valence-electron chi connectivity index (χ0n) is 12.6. The molecule has 6 heteroatoms. The lowest BCUT2D eigenvalue weighted by atomic mass is 9.99. The van der Waals surface area contributed by atoms with Gasteiger partial charge in [0.25, 0.3) is 0 Å². The van der Waals surface area contributed by atoms with Gasteiger partial charge < -0.3 is 10.2 Å². The summed E-state index contributed by atoms with van der Waals surface area (Å²) in [6, 6.07) is 10.8. The molecule has 1 N–H and O–H groups in total. The van der Waals surface area contributed by atoms with Gasteiger partial charge in [-0.2, -0.15) is 0 Å². The molecular formula is C16H21IN4S. The maximum Gasteiger partial charge on any atom is 0.194 e. The van der Waals surface area contributed by atoms with Crippen LogP contribution in [0.1, 0.15) is 22.9 Å². The van der Waals surface area contributed by atoms with Crippen LogP contribution in [0.15, 0.2) is 46.9 Å². The Morgan fingerprint density at radius 2 is 2.23 bits per heavy atom. The van der Waals surface area contributed by atoms with E-state index in [2.05, 4.69) is 50.5 Å². The topological polar surface area (TPSA) is 40.5 Å². The monoisotopic (exact) mass is 428 g/mol. The number of likely N-dealkylation sites (tertiary alicyclic amines) is 1. The molecule has 1 fully saturated rings. The Bertz CT molecular complexity index is 585. The molecule has 0 bridgehead atoms. The molecule has 2 aromatic rings. The third kappa shape index (κ3) is 4.19. The molecule has 0 radical (unpaired) electrons. The Hall–Kier alpha value is -1.15. The van der Waals surface area contributed by atoms with E-state index >= 15 is 0 Å². The fourth-order valence-corrected chi connectivity index (χ4v) is 3.33. The van der Waals surface area contributed by atoms with Crippen LogP contribution in [0.25, 0.3) is 0 Å². The number of hydrogen-bond acceptors (Lipinski definition) is 3. The average molecular weight is 428 g/mol. The predicted molar refractivity (Wildman–Crippen MR) is 103 cm³/mol. The number of aliphatic imine (C=N–C) groups is 1. The Kier molecular flexibility index (Phi) is 6.63. The minimum Gasteiger partial charge on any atom is -0.350 e. The quantitative estimate of drug-likeness (QED) is 0.463. The molecule has 0 saturated carbocycles. The number of thiazole rings is 1. The first kappa shape index (κ1) is 17.2. The lowest BCUT2D eigenvalue weighted by molar-refractivity contribution is 0.485. The van der Waals surface area contributed by atoms with Crippen LogP contribution >= 0.6 is 35.3 Å². The van der Waals surface area contributed by atoms with E-state index < -0.39 is 0 Å². The SMILES string of the molecule is CN=C(NCc1nccs1)N1CCC(c2ccccc2)C1.I. The van der Waals surface area contributed by atoms with Gasteiger partial charge in [-0.25, -0.2) is 4.98 Å². The summed E-state index contributed by atoms with van der Waals surface area (Å²) >= 11 is 1.67. The molecule has 22 heavy (non-hydrogen) atoms. The highest BCUT2D eigenvalue weighted by atomic mass is 127. The van der Waals surface area contributed by atoms with Gasteiger partial charge in [-0.1, -0.05) is 30.3 Å². The van der Waals surface area contributed by atoms with E-state index in [0.29, 0.717) is 5.92 Å². The molecular weight excluding hydrogens is 407 g/mol. The fourth-order valence-electron chi connectivity index (χ4n) is 2.78. The van der Waals surface area contributed by atoms with Crippen LogP contribution in [0.3, 0.4) is 0 Å². The number of hydrogen-bond donors (Lipinski definition) is 1. The van der Waals surface area contributed by atoms with E-state index in [1.165, 1.54) is 12.0 Å². The molecule has 1 aliphatic heterocycles. The average Bonchev–Trinajstić information content (AvgIpc) is 3.20. The Labute approximate surface area is 152 Å². The van der Waals surface area contributed by atoms with Crippen molar-refractivity contribution in [3.05, 3.63) is 52.5 Å². The van der Waals surface area contributed by atoms with Gasteiger partial charge in [-0.15, -0.1) is 35.3 Å². The van der Waals surface area contributed by atoms with Crippen molar-refractivity contribution in [1.82, 2.24) is 15.2 Å². The number of guanidine groups is 1. The Balaban J connectivity index is 0.00000176. The molecule has 1 aromatic carbocycles. The van der Waals surface area contributed by atoms with E-state index in [-0.39, 0.29) is 24.0 Å². The van der Waals surface area contributed by atoms with Gasteiger partial charge >= 0.3 is 0 Å². The second-order valence-corrected chi connectivity index (χ2v) is 6.15. The van der Waals surface area contributed by atoms with Crippen LogP contribution in [0.4, 0.5) is 0 Å². The van der Waals surface area contributed by atoms with Gasteiger partial charge in [0.1, 0.15) is 5.01 Å². The van der Waals surface area contributed by atoms with Gasteiger partial charge in [0.15, 0.2) is 5.96 Å². The maximum absolute atomic E-state index is 4.41. The zero-order valence-corrected chi connectivity index (χ0v) is 15.8. The summed E-state index contributed by atoms with van der Waals surface area (Å²) < 4.78 is 0. The molecule has 0 spiro atoms. The second-order valence-electron chi connectivity index (χ2n) is 5.17. The fraction of sp³-hybridized carbons (Fsp3) is 0.375. The van der Waals surface area contributed by atoms with Crippen molar-refractivity contribution in [2.45, 2.75) is 18.9 Å². The lowest BCUT2D eigenvalue weighted by Gasteiger charge is -2.21. The van der Waals surface area contributed by atoms with Crippen molar-refractivity contribution in [2.75, 3.05) is 20.1 Å². The van der Waals surface area contributed by atoms with Crippen LogP contribution < -0.4 is 5.32 Å². The molecule has 1 aliphatic rings. The predicted octanol–water partition coefficient (Wildman–Crippen LogP) is 3.33. The molecule has 0 amide bonds. The van der Waals surface area contributed by atoms with E-state index in [1.807, 2.05) is 18.6 Å². The number of rotatable bonds is 3. The van der Waals surface area contributed by atoms with Gasteiger partial charge in [0.05, 0.1) is 6.54 Å². The summed E-state index contributed by atoms with van der Waals surface area (Å²) in [6.45, 7) is 2.83. The largest absolute Gasteiger partial charge is 0.350 e. The van der Waals surface area contributed by atoms with Gasteiger partial charge in [0.2, 0.25) is 0 Å². The minimum atomic E-state index is 0. The molecule has 0 aliphatic carbocycles. The summed E-state index contributed by atoms with van der Waals surface area (Å²) in [7, 11) is 1.85. The number of benzene rings is 1. The second kappa shape index (κ2) is 8.47. The zero-order chi connectivity index (χ0) is 14.5. The molecule has 118 valence electrons. The van der Waals surface area contributed by atoms with Crippen molar-refractivity contribution in [3.8, 4) is 0 Å². The first-order valence-corrected chi connectivity index (χ1v) is 8.13.